The third-order valence-corrected chi connectivity index (χ3v) is 2.29. The van der Waals surface area contributed by atoms with Crippen LogP contribution in [0.5, 0.6) is 6.01 Å². The van der Waals surface area contributed by atoms with Gasteiger partial charge in [0.05, 0.1) is 6.61 Å². The highest BCUT2D eigenvalue weighted by molar-refractivity contribution is 5.97. The molecule has 1 aliphatic heterocycles. The number of carbonyl (C=O) groups excluding carboxylic acids is 2. The molecule has 0 unspecified atom stereocenters. The van der Waals surface area contributed by atoms with Crippen molar-refractivity contribution in [3.63, 3.8) is 0 Å². The first-order chi connectivity index (χ1) is 8.19. The summed E-state index contributed by atoms with van der Waals surface area (Å²) in [6, 6.07) is -0.318. The zero-order valence-corrected chi connectivity index (χ0v) is 9.32. The van der Waals surface area contributed by atoms with Crippen LogP contribution in [0.4, 0.5) is 5.95 Å². The Kier molecular flexibility index (Phi) is 3.22. The summed E-state index contributed by atoms with van der Waals surface area (Å²) in [5.41, 5.74) is 0. The van der Waals surface area contributed by atoms with Gasteiger partial charge >= 0.3 is 6.01 Å². The van der Waals surface area contributed by atoms with Crippen LogP contribution in [0.25, 0.3) is 0 Å². The first-order valence-electron chi connectivity index (χ1n) is 5.34. The molecule has 0 bridgehead atoms. The van der Waals surface area contributed by atoms with Gasteiger partial charge in [-0.2, -0.15) is 4.98 Å². The number of nitrogens with zero attached hydrogens (tertiary/aromatic N) is 2. The maximum atomic E-state index is 11.7. The van der Waals surface area contributed by atoms with Crippen molar-refractivity contribution < 1.29 is 14.3 Å². The molecule has 1 saturated heterocycles. The molecular formula is C9H13N5O3. The smallest absolute Gasteiger partial charge is 0.337 e. The van der Waals surface area contributed by atoms with Gasteiger partial charge in [-0.3, -0.25) is 14.9 Å². The summed E-state index contributed by atoms with van der Waals surface area (Å²) in [7, 11) is 0. The topological polar surface area (TPSA) is 109 Å². The van der Waals surface area contributed by atoms with E-state index in [-0.39, 0.29) is 23.8 Å². The van der Waals surface area contributed by atoms with Gasteiger partial charge in [0, 0.05) is 6.42 Å². The van der Waals surface area contributed by atoms with Gasteiger partial charge in [0.1, 0.15) is 6.04 Å². The van der Waals surface area contributed by atoms with E-state index in [0.29, 0.717) is 19.4 Å². The van der Waals surface area contributed by atoms with Crippen LogP contribution in [0.3, 0.4) is 0 Å². The average Bonchev–Trinajstić information content (AvgIpc) is 2.88. The second-order valence-electron chi connectivity index (χ2n) is 3.55. The third kappa shape index (κ3) is 2.71. The molecule has 0 spiro atoms. The number of aromatic nitrogens is 3. The van der Waals surface area contributed by atoms with Crippen molar-refractivity contribution in [2.24, 2.45) is 0 Å². The minimum atomic E-state index is -0.497. The lowest BCUT2D eigenvalue weighted by atomic mass is 10.2. The molecule has 2 heterocycles. The number of ether oxygens (including phenoxy) is 1. The quantitative estimate of drug-likeness (QED) is 0.651. The fourth-order valence-electron chi connectivity index (χ4n) is 1.51. The number of amides is 2. The van der Waals surface area contributed by atoms with Gasteiger partial charge < -0.3 is 10.1 Å². The second kappa shape index (κ2) is 4.81. The minimum Gasteiger partial charge on any atom is -0.463 e. The number of nitrogens with one attached hydrogen (secondary N) is 3. The zero-order chi connectivity index (χ0) is 12.3. The Morgan fingerprint density at radius 3 is 3.12 bits per heavy atom. The molecular weight excluding hydrogens is 226 g/mol. The van der Waals surface area contributed by atoms with Gasteiger partial charge in [0.25, 0.3) is 0 Å². The van der Waals surface area contributed by atoms with E-state index < -0.39 is 6.04 Å². The predicted molar refractivity (Wildman–Crippen MR) is 57.3 cm³/mol. The molecule has 0 aliphatic carbocycles. The van der Waals surface area contributed by atoms with E-state index in [1.165, 1.54) is 0 Å². The van der Waals surface area contributed by atoms with Gasteiger partial charge in [0.15, 0.2) is 0 Å². The molecule has 1 fully saturated rings. The van der Waals surface area contributed by atoms with Gasteiger partial charge in [-0.05, 0) is 13.3 Å². The van der Waals surface area contributed by atoms with E-state index in [0.717, 1.165) is 0 Å². The van der Waals surface area contributed by atoms with E-state index in [2.05, 4.69) is 25.8 Å². The van der Waals surface area contributed by atoms with Crippen molar-refractivity contribution in [3.8, 4) is 6.01 Å². The lowest BCUT2D eigenvalue weighted by Gasteiger charge is -2.07. The molecule has 92 valence electrons. The van der Waals surface area contributed by atoms with Crippen molar-refractivity contribution in [1.82, 2.24) is 20.5 Å². The standard InChI is InChI=1S/C9H13N5O3/c1-2-17-9-12-8(13-14-9)11-7(16)5-3-4-6(15)10-5/h5H,2-4H2,1H3,(H,10,15)(H2,11,12,13,14,16)/t5-/m1/s1. The Morgan fingerprint density at radius 2 is 2.47 bits per heavy atom. The average molecular weight is 239 g/mol. The molecule has 2 amide bonds. The molecule has 3 N–H and O–H groups in total. The fourth-order valence-corrected chi connectivity index (χ4v) is 1.51. The normalized spacial score (nSPS) is 18.9. The van der Waals surface area contributed by atoms with Crippen molar-refractivity contribution in [2.75, 3.05) is 11.9 Å². The molecule has 8 nitrogen and oxygen atoms in total. The van der Waals surface area contributed by atoms with Gasteiger partial charge in [-0.1, -0.05) is 0 Å². The molecule has 0 saturated carbocycles. The highest BCUT2D eigenvalue weighted by Gasteiger charge is 2.27. The van der Waals surface area contributed by atoms with Crippen molar-refractivity contribution >= 4 is 17.8 Å². The zero-order valence-electron chi connectivity index (χ0n) is 9.32. The summed E-state index contributed by atoms with van der Waals surface area (Å²) in [4.78, 5) is 26.5. The monoisotopic (exact) mass is 239 g/mol. The molecule has 2 rings (SSSR count). The minimum absolute atomic E-state index is 0.113. The number of carbonyl (C=O) groups is 2. The number of rotatable bonds is 4. The van der Waals surface area contributed by atoms with Crippen LogP contribution < -0.4 is 15.4 Å². The van der Waals surface area contributed by atoms with Crippen LogP contribution in [-0.2, 0) is 9.59 Å². The number of hydrogen-bond donors (Lipinski definition) is 3. The Bertz CT molecular complexity index is 430. The summed E-state index contributed by atoms with van der Waals surface area (Å²) in [6.45, 7) is 2.26. The van der Waals surface area contributed by atoms with Crippen LogP contribution in [0.2, 0.25) is 0 Å². The molecule has 0 aromatic carbocycles. The van der Waals surface area contributed by atoms with Crippen LogP contribution >= 0.6 is 0 Å². The van der Waals surface area contributed by atoms with Gasteiger partial charge in [0.2, 0.25) is 17.8 Å². The Hall–Kier alpha value is -2.12. The Balaban J connectivity index is 1.91. The molecule has 1 atom stereocenters. The first kappa shape index (κ1) is 11.4. The number of hydrogen-bond acceptors (Lipinski definition) is 5. The summed E-state index contributed by atoms with van der Waals surface area (Å²) < 4.78 is 5.04. The van der Waals surface area contributed by atoms with E-state index >= 15 is 0 Å². The van der Waals surface area contributed by atoms with Crippen LogP contribution in [0.15, 0.2) is 0 Å². The molecule has 8 heteroatoms. The summed E-state index contributed by atoms with van der Waals surface area (Å²) in [5.74, 6) is -0.215. The SMILES string of the molecule is CCOc1n[nH]c(NC(=O)[C@H]2CCC(=O)N2)n1. The molecule has 1 aliphatic rings. The number of aromatic amines is 1. The van der Waals surface area contributed by atoms with Crippen LogP contribution in [-0.4, -0.2) is 39.6 Å². The summed E-state index contributed by atoms with van der Waals surface area (Å²) in [5, 5.41) is 11.3. The molecule has 0 radical (unpaired) electrons. The summed E-state index contributed by atoms with van der Waals surface area (Å²) in [6.07, 6.45) is 0.871. The van der Waals surface area contributed by atoms with Crippen LogP contribution in [0, 0.1) is 0 Å². The largest absolute Gasteiger partial charge is 0.463 e. The van der Waals surface area contributed by atoms with Crippen LogP contribution in [0.1, 0.15) is 19.8 Å². The second-order valence-corrected chi connectivity index (χ2v) is 3.55. The predicted octanol–water partition coefficient (Wildman–Crippen LogP) is -0.580. The van der Waals surface area contributed by atoms with Gasteiger partial charge in [-0.15, -0.1) is 5.10 Å². The van der Waals surface area contributed by atoms with E-state index in [1.54, 1.807) is 0 Å². The molecule has 1 aromatic rings. The highest BCUT2D eigenvalue weighted by atomic mass is 16.5. The fraction of sp³-hybridized carbons (Fsp3) is 0.556. The van der Waals surface area contributed by atoms with E-state index in [1.807, 2.05) is 6.92 Å². The van der Waals surface area contributed by atoms with Crippen molar-refractivity contribution in [3.05, 3.63) is 0 Å². The Morgan fingerprint density at radius 1 is 1.65 bits per heavy atom. The summed E-state index contributed by atoms with van der Waals surface area (Å²) >= 11 is 0. The first-order valence-corrected chi connectivity index (χ1v) is 5.34. The number of anilines is 1. The number of H-pyrrole nitrogens is 1. The van der Waals surface area contributed by atoms with Gasteiger partial charge in [-0.25, -0.2) is 5.10 Å². The molecule has 1 aromatic heterocycles. The maximum absolute atomic E-state index is 11.7. The highest BCUT2D eigenvalue weighted by Crippen LogP contribution is 2.10. The molecule has 17 heavy (non-hydrogen) atoms. The van der Waals surface area contributed by atoms with E-state index in [9.17, 15) is 9.59 Å². The van der Waals surface area contributed by atoms with Crippen molar-refractivity contribution in [1.29, 1.82) is 0 Å². The third-order valence-electron chi connectivity index (χ3n) is 2.29. The van der Waals surface area contributed by atoms with Crippen molar-refractivity contribution in [2.45, 2.75) is 25.8 Å². The Labute approximate surface area is 97.1 Å². The maximum Gasteiger partial charge on any atom is 0.337 e. The lowest BCUT2D eigenvalue weighted by molar-refractivity contribution is -0.122. The lowest BCUT2D eigenvalue weighted by Crippen LogP contribution is -2.37. The van der Waals surface area contributed by atoms with E-state index in [4.69, 9.17) is 4.74 Å².